The highest BCUT2D eigenvalue weighted by Gasteiger charge is 2.24. The average Bonchev–Trinajstić information content (AvgIpc) is 2.41. The smallest absolute Gasteiger partial charge is 0.254 e. The molecule has 2 rings (SSSR count). The van der Waals surface area contributed by atoms with Gasteiger partial charge in [-0.05, 0) is 67.1 Å². The minimum absolute atomic E-state index is 0.157. The summed E-state index contributed by atoms with van der Waals surface area (Å²) in [6, 6.07) is 8.16. The molecule has 1 aromatic rings. The first kappa shape index (κ1) is 13.8. The molecule has 98 valence electrons. The molecule has 1 aliphatic heterocycles. The number of hydrogen-bond acceptors (Lipinski definition) is 2. The zero-order valence-electron chi connectivity index (χ0n) is 10.7. The second-order valence-corrected chi connectivity index (χ2v) is 5.85. The quantitative estimate of drug-likeness (QED) is 0.843. The van der Waals surface area contributed by atoms with Crippen LogP contribution in [0.15, 0.2) is 24.3 Å². The van der Waals surface area contributed by atoms with Gasteiger partial charge in [0.15, 0.2) is 0 Å². The minimum Gasteiger partial charge on any atom is -0.335 e. The first-order chi connectivity index (χ1) is 8.72. The molecule has 1 heterocycles. The number of carbonyl (C=O) groups excluding carboxylic acids is 1. The lowest BCUT2D eigenvalue weighted by Gasteiger charge is -2.34. The van der Waals surface area contributed by atoms with Crippen molar-refractivity contribution in [2.24, 2.45) is 0 Å². The molecule has 1 saturated heterocycles. The van der Waals surface area contributed by atoms with Crippen molar-refractivity contribution in [2.45, 2.75) is 25.8 Å². The number of amides is 1. The van der Waals surface area contributed by atoms with E-state index in [1.54, 1.807) is 0 Å². The van der Waals surface area contributed by atoms with E-state index in [-0.39, 0.29) is 5.91 Å². The summed E-state index contributed by atoms with van der Waals surface area (Å²) in [6.45, 7) is 4.83. The second-order valence-electron chi connectivity index (χ2n) is 4.60. The molecular weight excluding hydrogens is 339 g/mol. The van der Waals surface area contributed by atoms with Crippen molar-refractivity contribution in [3.8, 4) is 0 Å². The molecule has 1 amide bonds. The number of rotatable bonds is 3. The number of piperidine rings is 1. The maximum atomic E-state index is 12.5. The van der Waals surface area contributed by atoms with Gasteiger partial charge < -0.3 is 10.2 Å². The fourth-order valence-corrected chi connectivity index (χ4v) is 3.00. The molecule has 1 aliphatic rings. The van der Waals surface area contributed by atoms with Gasteiger partial charge in [-0.1, -0.05) is 6.07 Å². The van der Waals surface area contributed by atoms with E-state index >= 15 is 0 Å². The number of nitrogens with one attached hydrogen (secondary N) is 1. The normalized spacial score (nSPS) is 19.6. The number of hydrogen-bond donors (Lipinski definition) is 1. The molecule has 1 aromatic carbocycles. The molecule has 0 aromatic heterocycles. The van der Waals surface area contributed by atoms with Crippen molar-refractivity contribution in [1.82, 2.24) is 10.2 Å². The van der Waals surface area contributed by atoms with E-state index in [2.05, 4.69) is 34.8 Å². The standard InChI is InChI=1S/C14H19IN2O/c1-2-17(13-7-4-8-16-10-13)14(18)11-5-3-6-12(15)9-11/h3,5-6,9,13,16H,2,4,7-8,10H2,1H3. The van der Waals surface area contributed by atoms with Crippen LogP contribution in [-0.4, -0.2) is 36.5 Å². The minimum atomic E-state index is 0.157. The average molecular weight is 358 g/mol. The van der Waals surface area contributed by atoms with Crippen LogP contribution in [0.4, 0.5) is 0 Å². The Bertz CT molecular complexity index is 416. The van der Waals surface area contributed by atoms with Crippen molar-refractivity contribution in [2.75, 3.05) is 19.6 Å². The monoisotopic (exact) mass is 358 g/mol. The van der Waals surface area contributed by atoms with E-state index in [4.69, 9.17) is 0 Å². The summed E-state index contributed by atoms with van der Waals surface area (Å²) in [5.74, 6) is 0.157. The van der Waals surface area contributed by atoms with Gasteiger partial charge in [-0.3, -0.25) is 4.79 Å². The maximum Gasteiger partial charge on any atom is 0.254 e. The molecule has 1 N–H and O–H groups in total. The third-order valence-electron chi connectivity index (χ3n) is 3.38. The molecule has 1 fully saturated rings. The van der Waals surface area contributed by atoms with Gasteiger partial charge in [0.25, 0.3) is 5.91 Å². The Balaban J connectivity index is 2.14. The number of halogens is 1. The fourth-order valence-electron chi connectivity index (χ4n) is 2.45. The molecular formula is C14H19IN2O. The highest BCUT2D eigenvalue weighted by Crippen LogP contribution is 2.16. The summed E-state index contributed by atoms with van der Waals surface area (Å²) in [7, 11) is 0. The van der Waals surface area contributed by atoms with E-state index in [9.17, 15) is 4.79 Å². The topological polar surface area (TPSA) is 32.3 Å². The lowest BCUT2D eigenvalue weighted by Crippen LogP contribution is -2.48. The van der Waals surface area contributed by atoms with E-state index in [0.717, 1.165) is 41.6 Å². The van der Waals surface area contributed by atoms with Crippen LogP contribution in [0.5, 0.6) is 0 Å². The van der Waals surface area contributed by atoms with Gasteiger partial charge in [0.05, 0.1) is 0 Å². The summed E-state index contributed by atoms with van der Waals surface area (Å²) in [5, 5.41) is 3.37. The summed E-state index contributed by atoms with van der Waals surface area (Å²) >= 11 is 2.25. The molecule has 0 bridgehead atoms. The van der Waals surface area contributed by atoms with Gasteiger partial charge in [-0.15, -0.1) is 0 Å². The molecule has 0 aliphatic carbocycles. The first-order valence-electron chi connectivity index (χ1n) is 6.49. The summed E-state index contributed by atoms with van der Waals surface area (Å²) in [5.41, 5.74) is 0.800. The SMILES string of the molecule is CCN(C(=O)c1cccc(I)c1)C1CCCNC1. The fraction of sp³-hybridized carbons (Fsp3) is 0.500. The predicted molar refractivity (Wildman–Crippen MR) is 81.8 cm³/mol. The number of carbonyl (C=O) groups is 1. The van der Waals surface area contributed by atoms with Crippen LogP contribution >= 0.6 is 22.6 Å². The molecule has 0 radical (unpaired) electrons. The predicted octanol–water partition coefficient (Wildman–Crippen LogP) is 2.51. The van der Waals surface area contributed by atoms with Gasteiger partial charge in [0, 0.05) is 28.3 Å². The van der Waals surface area contributed by atoms with Crippen LogP contribution < -0.4 is 5.32 Å². The third kappa shape index (κ3) is 3.23. The molecule has 1 unspecified atom stereocenters. The number of nitrogens with zero attached hydrogens (tertiary/aromatic N) is 1. The van der Waals surface area contributed by atoms with E-state index in [1.165, 1.54) is 0 Å². The van der Waals surface area contributed by atoms with Crippen molar-refractivity contribution < 1.29 is 4.79 Å². The molecule has 4 heteroatoms. The van der Waals surface area contributed by atoms with Crippen LogP contribution in [0.1, 0.15) is 30.1 Å². The Labute approximate surface area is 122 Å². The lowest BCUT2D eigenvalue weighted by molar-refractivity contribution is 0.0662. The highest BCUT2D eigenvalue weighted by molar-refractivity contribution is 14.1. The molecule has 3 nitrogen and oxygen atoms in total. The van der Waals surface area contributed by atoms with Crippen LogP contribution in [0.25, 0.3) is 0 Å². The Hall–Kier alpha value is -0.620. The van der Waals surface area contributed by atoms with Crippen molar-refractivity contribution in [1.29, 1.82) is 0 Å². The number of likely N-dealkylation sites (N-methyl/N-ethyl adjacent to an activating group) is 1. The van der Waals surface area contributed by atoms with Gasteiger partial charge in [0.1, 0.15) is 0 Å². The Morgan fingerprint density at radius 1 is 1.56 bits per heavy atom. The lowest BCUT2D eigenvalue weighted by atomic mass is 10.0. The Morgan fingerprint density at radius 3 is 3.00 bits per heavy atom. The van der Waals surface area contributed by atoms with Crippen LogP contribution in [0.2, 0.25) is 0 Å². The van der Waals surface area contributed by atoms with Crippen LogP contribution in [0.3, 0.4) is 0 Å². The second kappa shape index (κ2) is 6.52. The molecule has 1 atom stereocenters. The zero-order valence-corrected chi connectivity index (χ0v) is 12.8. The van der Waals surface area contributed by atoms with Gasteiger partial charge in [-0.2, -0.15) is 0 Å². The Morgan fingerprint density at radius 2 is 2.39 bits per heavy atom. The molecule has 0 spiro atoms. The number of benzene rings is 1. The van der Waals surface area contributed by atoms with Crippen molar-refractivity contribution in [3.05, 3.63) is 33.4 Å². The Kier molecular flexibility index (Phi) is 5.00. The summed E-state index contributed by atoms with van der Waals surface area (Å²) in [6.07, 6.45) is 2.26. The summed E-state index contributed by atoms with van der Waals surface area (Å²) in [4.78, 5) is 14.5. The molecule has 0 saturated carbocycles. The van der Waals surface area contributed by atoms with E-state index in [1.807, 2.05) is 29.2 Å². The maximum absolute atomic E-state index is 12.5. The van der Waals surface area contributed by atoms with Gasteiger partial charge in [-0.25, -0.2) is 0 Å². The summed E-state index contributed by atoms with van der Waals surface area (Å²) < 4.78 is 1.11. The third-order valence-corrected chi connectivity index (χ3v) is 4.06. The zero-order chi connectivity index (χ0) is 13.0. The van der Waals surface area contributed by atoms with Gasteiger partial charge >= 0.3 is 0 Å². The van der Waals surface area contributed by atoms with Gasteiger partial charge in [0.2, 0.25) is 0 Å². The van der Waals surface area contributed by atoms with Crippen LogP contribution in [0, 0.1) is 3.57 Å². The van der Waals surface area contributed by atoms with Crippen molar-refractivity contribution >= 4 is 28.5 Å². The first-order valence-corrected chi connectivity index (χ1v) is 7.57. The van der Waals surface area contributed by atoms with Crippen LogP contribution in [-0.2, 0) is 0 Å². The highest BCUT2D eigenvalue weighted by atomic mass is 127. The van der Waals surface area contributed by atoms with E-state index in [0.29, 0.717) is 6.04 Å². The van der Waals surface area contributed by atoms with Crippen molar-refractivity contribution in [3.63, 3.8) is 0 Å². The largest absolute Gasteiger partial charge is 0.335 e. The van der Waals surface area contributed by atoms with E-state index < -0.39 is 0 Å². The molecule has 18 heavy (non-hydrogen) atoms.